The maximum Gasteiger partial charge on any atom is 0.313 e. The monoisotopic (exact) mass is 339 g/mol. The number of nitro benzene ring substituents is 1. The van der Waals surface area contributed by atoms with E-state index in [0.29, 0.717) is 10.0 Å². The number of aryl methyl sites for hydroxylation is 1. The highest BCUT2D eigenvalue weighted by atomic mass is 79.9. The fraction of sp³-hybridized carbons (Fsp3) is 0.0909. The van der Waals surface area contributed by atoms with Gasteiger partial charge in [-0.15, -0.1) is 0 Å². The van der Waals surface area contributed by atoms with Gasteiger partial charge >= 0.3 is 5.69 Å². The Labute approximate surface area is 122 Å². The molecule has 0 atom stereocenters. The predicted molar refractivity (Wildman–Crippen MR) is 76.5 cm³/mol. The minimum absolute atomic E-state index is 0.0449. The van der Waals surface area contributed by atoms with Crippen LogP contribution in [0.25, 0.3) is 0 Å². The molecule has 4 N–H and O–H groups in total. The molecule has 0 saturated heterocycles. The van der Waals surface area contributed by atoms with E-state index >= 15 is 0 Å². The minimum Gasteiger partial charge on any atom is -0.431 e. The van der Waals surface area contributed by atoms with Crippen LogP contribution in [0, 0.1) is 17.0 Å². The lowest BCUT2D eigenvalue weighted by Crippen LogP contribution is -2.02. The Kier molecular flexibility index (Phi) is 3.70. The Morgan fingerprint density at radius 1 is 1.30 bits per heavy atom. The van der Waals surface area contributed by atoms with E-state index in [1.165, 1.54) is 12.1 Å². The van der Waals surface area contributed by atoms with E-state index in [1.807, 2.05) is 0 Å². The molecule has 2 rings (SSSR count). The fourth-order valence-electron chi connectivity index (χ4n) is 1.60. The first-order valence-corrected chi connectivity index (χ1v) is 6.18. The first kappa shape index (κ1) is 14.0. The number of rotatable bonds is 3. The van der Waals surface area contributed by atoms with Crippen LogP contribution in [-0.4, -0.2) is 14.9 Å². The number of nitrogen functional groups attached to an aromatic ring is 2. The summed E-state index contributed by atoms with van der Waals surface area (Å²) >= 11 is 3.20. The number of nitrogens with two attached hydrogens (primary N) is 2. The second-order valence-corrected chi connectivity index (χ2v) is 4.84. The summed E-state index contributed by atoms with van der Waals surface area (Å²) in [5.74, 6) is 0.168. The Morgan fingerprint density at radius 3 is 2.60 bits per heavy atom. The van der Waals surface area contributed by atoms with Crippen molar-refractivity contribution in [3.63, 3.8) is 0 Å². The summed E-state index contributed by atoms with van der Waals surface area (Å²) in [6, 6.07) is 4.37. The van der Waals surface area contributed by atoms with Crippen molar-refractivity contribution in [3.8, 4) is 11.6 Å². The molecule has 1 heterocycles. The first-order chi connectivity index (χ1) is 9.36. The van der Waals surface area contributed by atoms with Crippen LogP contribution in [0.4, 0.5) is 17.5 Å². The molecule has 104 valence electrons. The van der Waals surface area contributed by atoms with Crippen molar-refractivity contribution in [3.05, 3.63) is 38.3 Å². The predicted octanol–water partition coefficient (Wildman–Crippen LogP) is 2.41. The Bertz CT molecular complexity index is 672. The van der Waals surface area contributed by atoms with Crippen LogP contribution in [0.5, 0.6) is 11.6 Å². The molecular formula is C11H10BrN5O3. The molecule has 8 nitrogen and oxygen atoms in total. The van der Waals surface area contributed by atoms with Gasteiger partial charge in [-0.3, -0.25) is 10.1 Å². The van der Waals surface area contributed by atoms with E-state index < -0.39 is 4.92 Å². The van der Waals surface area contributed by atoms with Crippen molar-refractivity contribution in [1.82, 2.24) is 9.97 Å². The highest BCUT2D eigenvalue weighted by Crippen LogP contribution is 2.36. The maximum absolute atomic E-state index is 11.1. The number of nitrogens with zero attached hydrogens (tertiary/aromatic N) is 3. The van der Waals surface area contributed by atoms with E-state index in [1.54, 1.807) is 13.0 Å². The molecule has 20 heavy (non-hydrogen) atoms. The van der Waals surface area contributed by atoms with Crippen LogP contribution < -0.4 is 16.2 Å². The average molecular weight is 340 g/mol. The highest BCUT2D eigenvalue weighted by molar-refractivity contribution is 9.10. The lowest BCUT2D eigenvalue weighted by Gasteiger charge is -2.09. The van der Waals surface area contributed by atoms with Gasteiger partial charge in [0, 0.05) is 22.2 Å². The van der Waals surface area contributed by atoms with Crippen molar-refractivity contribution in [2.75, 3.05) is 11.5 Å². The van der Waals surface area contributed by atoms with E-state index in [-0.39, 0.29) is 29.1 Å². The van der Waals surface area contributed by atoms with Crippen LogP contribution in [-0.2, 0) is 0 Å². The Hall–Kier alpha value is -2.42. The van der Waals surface area contributed by atoms with Gasteiger partial charge in [-0.1, -0.05) is 15.9 Å². The number of benzene rings is 1. The number of halogens is 1. The largest absolute Gasteiger partial charge is 0.431 e. The quantitative estimate of drug-likeness (QED) is 0.648. The van der Waals surface area contributed by atoms with E-state index in [0.717, 1.165) is 0 Å². The Balaban J connectivity index is 2.50. The molecule has 2 aromatic rings. The van der Waals surface area contributed by atoms with Gasteiger partial charge in [-0.25, -0.2) is 0 Å². The first-order valence-electron chi connectivity index (χ1n) is 5.39. The van der Waals surface area contributed by atoms with Gasteiger partial charge in [0.15, 0.2) is 0 Å². The molecule has 0 unspecified atom stereocenters. The molecule has 0 bridgehead atoms. The third-order valence-electron chi connectivity index (χ3n) is 2.36. The third-order valence-corrected chi connectivity index (χ3v) is 2.82. The van der Waals surface area contributed by atoms with Crippen molar-refractivity contribution in [2.45, 2.75) is 6.92 Å². The molecule has 0 fully saturated rings. The van der Waals surface area contributed by atoms with Gasteiger partial charge in [0.2, 0.25) is 17.6 Å². The molecule has 0 aliphatic rings. The van der Waals surface area contributed by atoms with Crippen molar-refractivity contribution in [2.24, 2.45) is 0 Å². The average Bonchev–Trinajstić information content (AvgIpc) is 2.30. The van der Waals surface area contributed by atoms with Crippen molar-refractivity contribution >= 4 is 33.4 Å². The van der Waals surface area contributed by atoms with Crippen LogP contribution >= 0.6 is 15.9 Å². The number of hydrogen-bond donors (Lipinski definition) is 2. The minimum atomic E-state index is -0.541. The number of aromatic nitrogens is 2. The molecule has 0 aliphatic heterocycles. The number of ether oxygens (including phenoxy) is 1. The summed E-state index contributed by atoms with van der Waals surface area (Å²) in [5.41, 5.74) is 11.4. The maximum atomic E-state index is 11.1. The molecule has 9 heteroatoms. The van der Waals surface area contributed by atoms with Crippen LogP contribution in [0.15, 0.2) is 22.7 Å². The molecule has 0 radical (unpaired) electrons. The molecule has 1 aromatic carbocycles. The van der Waals surface area contributed by atoms with E-state index in [4.69, 9.17) is 16.2 Å². The zero-order valence-corrected chi connectivity index (χ0v) is 11.9. The smallest absolute Gasteiger partial charge is 0.313 e. The summed E-state index contributed by atoms with van der Waals surface area (Å²) < 4.78 is 6.02. The van der Waals surface area contributed by atoms with Crippen molar-refractivity contribution in [1.29, 1.82) is 0 Å². The summed E-state index contributed by atoms with van der Waals surface area (Å²) in [7, 11) is 0. The van der Waals surface area contributed by atoms with Gasteiger partial charge in [-0.2, -0.15) is 9.97 Å². The normalized spacial score (nSPS) is 10.3. The lowest BCUT2D eigenvalue weighted by molar-refractivity contribution is -0.385. The molecule has 0 amide bonds. The zero-order chi connectivity index (χ0) is 14.9. The van der Waals surface area contributed by atoms with Gasteiger partial charge in [-0.05, 0) is 13.0 Å². The topological polar surface area (TPSA) is 130 Å². The zero-order valence-electron chi connectivity index (χ0n) is 10.3. The lowest BCUT2D eigenvalue weighted by atomic mass is 10.2. The SMILES string of the molecule is Cc1cc(Br)cc([N+](=O)[O-])c1Oc1cc(N)nc(N)n1. The second kappa shape index (κ2) is 5.29. The third kappa shape index (κ3) is 2.94. The van der Waals surface area contributed by atoms with Gasteiger partial charge < -0.3 is 16.2 Å². The summed E-state index contributed by atoms with van der Waals surface area (Å²) in [6.45, 7) is 1.68. The van der Waals surface area contributed by atoms with Crippen molar-refractivity contribution < 1.29 is 9.66 Å². The van der Waals surface area contributed by atoms with Gasteiger partial charge in [0.25, 0.3) is 0 Å². The Morgan fingerprint density at radius 2 is 2.00 bits per heavy atom. The molecular weight excluding hydrogens is 330 g/mol. The highest BCUT2D eigenvalue weighted by Gasteiger charge is 2.20. The van der Waals surface area contributed by atoms with Gasteiger partial charge in [0.05, 0.1) is 4.92 Å². The van der Waals surface area contributed by atoms with E-state index in [2.05, 4.69) is 25.9 Å². The van der Waals surface area contributed by atoms with Gasteiger partial charge in [0.1, 0.15) is 5.82 Å². The molecule has 0 spiro atoms. The fourth-order valence-corrected chi connectivity index (χ4v) is 2.16. The van der Waals surface area contributed by atoms with Crippen LogP contribution in [0.2, 0.25) is 0 Å². The summed E-state index contributed by atoms with van der Waals surface area (Å²) in [4.78, 5) is 18.0. The van der Waals surface area contributed by atoms with Crippen LogP contribution in [0.1, 0.15) is 5.56 Å². The number of anilines is 2. The van der Waals surface area contributed by atoms with E-state index in [9.17, 15) is 10.1 Å². The molecule has 0 aliphatic carbocycles. The molecule has 1 aromatic heterocycles. The molecule has 0 saturated carbocycles. The summed E-state index contributed by atoms with van der Waals surface area (Å²) in [6.07, 6.45) is 0. The number of hydrogen-bond acceptors (Lipinski definition) is 7. The standard InChI is InChI=1S/C11H10BrN5O3/c1-5-2-6(12)3-7(17(18)19)10(5)20-9-4-8(13)15-11(14)16-9/h2-4H,1H3,(H4,13,14,15,16). The van der Waals surface area contributed by atoms with Crippen LogP contribution in [0.3, 0.4) is 0 Å². The second-order valence-electron chi connectivity index (χ2n) is 3.92. The number of nitro groups is 1. The summed E-state index contributed by atoms with van der Waals surface area (Å²) in [5, 5.41) is 11.1.